The average Bonchev–Trinajstić information content (AvgIpc) is 3.48. The molecule has 0 aliphatic carbocycles. The van der Waals surface area contributed by atoms with Crippen molar-refractivity contribution in [3.8, 4) is 0 Å². The third kappa shape index (κ3) is 20.8. The molecule has 0 radical (unpaired) electrons. The van der Waals surface area contributed by atoms with Crippen molar-refractivity contribution >= 4 is 149 Å². The van der Waals surface area contributed by atoms with E-state index in [4.69, 9.17) is 0 Å². The number of carbonyl (C=O) groups is 10. The number of thioether (sulfide) groups is 4. The van der Waals surface area contributed by atoms with Crippen LogP contribution in [0, 0.1) is 5.92 Å². The van der Waals surface area contributed by atoms with E-state index in [0.29, 0.717) is 34.3 Å². The van der Waals surface area contributed by atoms with Gasteiger partial charge in [-0.2, -0.15) is 23.5 Å². The van der Waals surface area contributed by atoms with Gasteiger partial charge in [0.1, 0.15) is 35.8 Å². The molecule has 5 rings (SSSR count). The smallest absolute Gasteiger partial charge is 0.272 e. The number of nitrogens with zero attached hydrogens (tertiary/aromatic N) is 8. The molecule has 7 amide bonds. The molecule has 4 N–H and O–H groups in total. The molecule has 2 unspecified atom stereocenters. The van der Waals surface area contributed by atoms with Crippen LogP contribution in [-0.4, -0.2) is 230 Å². The Morgan fingerprint density at radius 1 is 0.823 bits per heavy atom. The molecule has 1 aliphatic rings. The van der Waals surface area contributed by atoms with Crippen LogP contribution in [0.15, 0.2) is 60.9 Å². The maximum Gasteiger partial charge on any atom is 0.272 e. The lowest BCUT2D eigenvalue weighted by Crippen LogP contribution is -2.55. The minimum absolute atomic E-state index is 0.0260. The van der Waals surface area contributed by atoms with E-state index in [9.17, 15) is 47.9 Å². The van der Waals surface area contributed by atoms with E-state index in [-0.39, 0.29) is 96.2 Å². The van der Waals surface area contributed by atoms with E-state index < -0.39 is 53.4 Å². The summed E-state index contributed by atoms with van der Waals surface area (Å²) in [6.45, 7) is 3.65. The molecular formula is C51H68N12O10S6. The monoisotopic (exact) mass is 1200 g/mol. The lowest BCUT2D eigenvalue weighted by molar-refractivity contribution is -0.143. The Balaban J connectivity index is 0.000000590. The number of para-hydroxylation sites is 4. The fourth-order valence-corrected chi connectivity index (χ4v) is 12.9. The number of rotatable bonds is 20. The van der Waals surface area contributed by atoms with Crippen LogP contribution in [0.4, 0.5) is 0 Å². The van der Waals surface area contributed by atoms with Gasteiger partial charge in [0.25, 0.3) is 11.8 Å². The molecule has 0 saturated carbocycles. The first-order valence-electron chi connectivity index (χ1n) is 24.8. The minimum Gasteiger partial charge on any atom is -0.347 e. The second-order valence-electron chi connectivity index (χ2n) is 18.0. The molecule has 79 heavy (non-hydrogen) atoms. The standard InChI is InChI=1S/C38H55N9O8S5.C13H13N3O2S/c1-24(19-56-6)45(3)37(54)30-23-60-59-20-25(18-44(2)32(49)12-13-39-14-15-48)36(53)47(5)31(22-57-7)38(55)58-21-29(34(51)41-17-33(50)46(30)4)43-35(52)28-16-40-26-10-8-9-11-27(26)42-28;1-9(7-19-8-17)15-13(18)12-6-14-10-4-2-3-5-11(10)16-12/h8-11,15-16,24-25,29-31,39H,12-14,17-23H2,1-7H3,(H,41,51)(H,43,52);2-6,8-9H,7H2,1H3,(H,15,18)/t24-,25?,29-,30?,31+;9-/m10/s1. The molecule has 28 heteroatoms. The van der Waals surface area contributed by atoms with E-state index in [2.05, 4.69) is 41.2 Å². The number of fused-ring (bicyclic) bond motifs is 2. The van der Waals surface area contributed by atoms with Gasteiger partial charge < -0.3 is 45.7 Å². The predicted octanol–water partition coefficient (Wildman–Crippen LogP) is 2.65. The summed E-state index contributed by atoms with van der Waals surface area (Å²) in [5.74, 6) is -2.52. The van der Waals surface area contributed by atoms with Gasteiger partial charge in [-0.05, 0) is 50.6 Å². The predicted molar refractivity (Wildman–Crippen MR) is 319 cm³/mol. The Labute approximate surface area is 484 Å². The molecular weight excluding hydrogens is 1130 g/mol. The number of nitrogens with one attached hydrogen (secondary N) is 4. The number of likely N-dealkylation sites (N-methyl/N-ethyl adjacent to an activating group) is 3. The van der Waals surface area contributed by atoms with Crippen LogP contribution in [0.5, 0.6) is 0 Å². The quantitative estimate of drug-likeness (QED) is 0.0562. The normalized spacial score (nSPS) is 18.7. The second kappa shape index (κ2) is 34.6. The SMILES string of the molecule is CSC[C@@H](C)N(C)C(=O)C1CSSCC(CN(C)C(=O)CCNCC=O)C(=O)N(C)[C@@H](CSC)C(=O)SC[C@@H](NC(=O)c2cnc3ccccc3n2)C(=O)NCC(=O)N1C.C[C@@H](CSC=O)NC(=O)c1cnc2ccccc2n1. The van der Waals surface area contributed by atoms with Crippen LogP contribution in [0.3, 0.4) is 0 Å². The highest BCUT2D eigenvalue weighted by molar-refractivity contribution is 8.76. The molecule has 0 bridgehead atoms. The van der Waals surface area contributed by atoms with Gasteiger partial charge in [0.05, 0.1) is 53.5 Å². The highest BCUT2D eigenvalue weighted by Gasteiger charge is 2.36. The van der Waals surface area contributed by atoms with Crippen LogP contribution < -0.4 is 21.3 Å². The van der Waals surface area contributed by atoms with Gasteiger partial charge in [-0.25, -0.2) is 9.97 Å². The summed E-state index contributed by atoms with van der Waals surface area (Å²) in [4.78, 5) is 152. The van der Waals surface area contributed by atoms with Crippen LogP contribution >= 0.6 is 68.6 Å². The van der Waals surface area contributed by atoms with Crippen LogP contribution in [0.25, 0.3) is 22.1 Å². The summed E-state index contributed by atoms with van der Waals surface area (Å²) in [7, 11) is 8.88. The highest BCUT2D eigenvalue weighted by Crippen LogP contribution is 2.29. The average molecular weight is 1200 g/mol. The lowest BCUT2D eigenvalue weighted by Gasteiger charge is -2.34. The van der Waals surface area contributed by atoms with Gasteiger partial charge in [-0.3, -0.25) is 53.1 Å². The summed E-state index contributed by atoms with van der Waals surface area (Å²) < 4.78 is 0. The molecule has 428 valence electrons. The number of carbonyl (C=O) groups excluding carboxylic acids is 10. The summed E-state index contributed by atoms with van der Waals surface area (Å²) >= 11 is 4.82. The van der Waals surface area contributed by atoms with Crippen LogP contribution in [0.1, 0.15) is 41.2 Å². The summed E-state index contributed by atoms with van der Waals surface area (Å²) in [5, 5.41) is 10.4. The number of hydrogen-bond acceptors (Lipinski definition) is 21. The van der Waals surface area contributed by atoms with Gasteiger partial charge in [0, 0.05) is 94.3 Å². The van der Waals surface area contributed by atoms with Crippen molar-refractivity contribution in [3.63, 3.8) is 0 Å². The van der Waals surface area contributed by atoms with Crippen molar-refractivity contribution in [2.75, 3.05) is 101 Å². The van der Waals surface area contributed by atoms with Crippen LogP contribution in [-0.2, 0) is 38.4 Å². The molecule has 2 aromatic carbocycles. The zero-order chi connectivity index (χ0) is 58.0. The Morgan fingerprint density at radius 3 is 2.03 bits per heavy atom. The van der Waals surface area contributed by atoms with E-state index >= 15 is 0 Å². The number of aldehydes is 1. The van der Waals surface area contributed by atoms with Crippen molar-refractivity contribution in [2.45, 2.75) is 50.5 Å². The first-order chi connectivity index (χ1) is 37.8. The molecule has 4 aromatic rings. The fraction of sp³-hybridized carbons (Fsp3) is 0.490. The topological polar surface area (TPSA) is 283 Å². The van der Waals surface area contributed by atoms with Crippen molar-refractivity contribution in [1.29, 1.82) is 0 Å². The summed E-state index contributed by atoms with van der Waals surface area (Å²) in [5.41, 5.74) is 3.43. The Kier molecular flexibility index (Phi) is 28.9. The van der Waals surface area contributed by atoms with Crippen molar-refractivity contribution in [3.05, 3.63) is 72.3 Å². The first kappa shape index (κ1) is 66.0. The van der Waals surface area contributed by atoms with Crippen LogP contribution in [0.2, 0.25) is 0 Å². The Hall–Kier alpha value is -5.52. The third-order valence-corrected chi connectivity index (χ3v) is 18.0. The molecule has 1 saturated heterocycles. The largest absolute Gasteiger partial charge is 0.347 e. The first-order valence-corrected chi connectivity index (χ1v) is 32.1. The van der Waals surface area contributed by atoms with Crippen molar-refractivity contribution in [2.24, 2.45) is 5.92 Å². The highest BCUT2D eigenvalue weighted by atomic mass is 33.1. The molecule has 22 nitrogen and oxygen atoms in total. The Morgan fingerprint density at radius 2 is 1.43 bits per heavy atom. The number of aromatic nitrogens is 4. The molecule has 1 aliphatic heterocycles. The van der Waals surface area contributed by atoms with E-state index in [1.54, 1.807) is 61.3 Å². The molecule has 0 spiro atoms. The van der Waals surface area contributed by atoms with E-state index in [1.165, 1.54) is 74.5 Å². The molecule has 1 fully saturated rings. The molecule has 2 aromatic heterocycles. The van der Waals surface area contributed by atoms with Gasteiger partial charge in [-0.15, -0.1) is 0 Å². The zero-order valence-electron chi connectivity index (χ0n) is 45.3. The number of hydrogen-bond donors (Lipinski definition) is 4. The maximum atomic E-state index is 14.3. The molecule has 3 heterocycles. The number of amides is 7. The minimum atomic E-state index is -1.33. The van der Waals surface area contributed by atoms with Gasteiger partial charge in [0.15, 0.2) is 5.62 Å². The Bertz CT molecular complexity index is 2750. The summed E-state index contributed by atoms with van der Waals surface area (Å²) in [6, 6.07) is 10.9. The third-order valence-electron chi connectivity index (χ3n) is 12.1. The maximum absolute atomic E-state index is 14.3. The van der Waals surface area contributed by atoms with Crippen molar-refractivity contribution < 1.29 is 47.9 Å². The number of benzene rings is 2. The van der Waals surface area contributed by atoms with Gasteiger partial charge in [-0.1, -0.05) is 69.4 Å². The fourth-order valence-electron chi connectivity index (χ4n) is 7.43. The summed E-state index contributed by atoms with van der Waals surface area (Å²) in [6.07, 6.45) is 7.26. The lowest BCUT2D eigenvalue weighted by atomic mass is 10.1. The molecule has 6 atom stereocenters. The second-order valence-corrected chi connectivity index (χ2v) is 24.3. The van der Waals surface area contributed by atoms with Gasteiger partial charge in [0.2, 0.25) is 34.7 Å². The zero-order valence-corrected chi connectivity index (χ0v) is 50.2. The van der Waals surface area contributed by atoms with E-state index in [0.717, 1.165) is 34.7 Å². The van der Waals surface area contributed by atoms with Gasteiger partial charge >= 0.3 is 0 Å². The van der Waals surface area contributed by atoms with E-state index in [1.807, 2.05) is 44.4 Å². The van der Waals surface area contributed by atoms with Crippen molar-refractivity contribution in [1.82, 2.24) is 60.8 Å².